The second-order valence-corrected chi connectivity index (χ2v) is 6.94. The number of carbonyl (C=O) groups is 1. The molecule has 3 rings (SSSR count). The Bertz CT molecular complexity index is 734. The standard InChI is InChI=1S/C18H19Cl2N3O/c1-12-4-3-9-23(11-12)18(24)16-8-7-13(10-21-16)22-15-6-2-5-14(19)17(15)20/h2,5-8,10,12,22H,3-4,9,11H2,1H3. The van der Waals surface area contributed by atoms with Crippen LogP contribution >= 0.6 is 23.2 Å². The van der Waals surface area contributed by atoms with Gasteiger partial charge >= 0.3 is 0 Å². The zero-order chi connectivity index (χ0) is 17.1. The van der Waals surface area contributed by atoms with Crippen molar-refractivity contribution >= 4 is 40.5 Å². The number of carbonyl (C=O) groups excluding carboxylic acids is 1. The first kappa shape index (κ1) is 17.1. The van der Waals surface area contributed by atoms with Crippen LogP contribution in [0.3, 0.4) is 0 Å². The van der Waals surface area contributed by atoms with Crippen LogP contribution in [0.5, 0.6) is 0 Å². The summed E-state index contributed by atoms with van der Waals surface area (Å²) < 4.78 is 0. The molecule has 6 heteroatoms. The number of aromatic nitrogens is 1. The lowest BCUT2D eigenvalue weighted by Gasteiger charge is -2.30. The molecular formula is C18H19Cl2N3O. The Morgan fingerprint density at radius 2 is 2.12 bits per heavy atom. The third-order valence-corrected chi connectivity index (χ3v) is 4.98. The Kier molecular flexibility index (Phi) is 5.27. The number of hydrogen-bond donors (Lipinski definition) is 1. The van der Waals surface area contributed by atoms with E-state index in [0.29, 0.717) is 27.3 Å². The van der Waals surface area contributed by atoms with Crippen molar-refractivity contribution in [1.82, 2.24) is 9.88 Å². The van der Waals surface area contributed by atoms with Crippen molar-refractivity contribution in [3.05, 3.63) is 52.3 Å². The molecule has 1 N–H and O–H groups in total. The highest BCUT2D eigenvalue weighted by Crippen LogP contribution is 2.31. The molecule has 1 aromatic carbocycles. The summed E-state index contributed by atoms with van der Waals surface area (Å²) in [6.07, 6.45) is 3.87. The van der Waals surface area contributed by atoms with Gasteiger partial charge < -0.3 is 10.2 Å². The number of nitrogens with one attached hydrogen (secondary N) is 1. The highest BCUT2D eigenvalue weighted by atomic mass is 35.5. The van der Waals surface area contributed by atoms with Crippen molar-refractivity contribution in [3.63, 3.8) is 0 Å². The second-order valence-electron chi connectivity index (χ2n) is 6.16. The SMILES string of the molecule is CC1CCCN(C(=O)c2ccc(Nc3cccc(Cl)c3Cl)cn2)C1. The first-order chi connectivity index (χ1) is 11.5. The monoisotopic (exact) mass is 363 g/mol. The zero-order valence-corrected chi connectivity index (χ0v) is 14.9. The van der Waals surface area contributed by atoms with Gasteiger partial charge in [0.25, 0.3) is 5.91 Å². The number of hydrogen-bond acceptors (Lipinski definition) is 3. The lowest BCUT2D eigenvalue weighted by atomic mass is 10.00. The molecule has 24 heavy (non-hydrogen) atoms. The van der Waals surface area contributed by atoms with Gasteiger partial charge in [-0.2, -0.15) is 0 Å². The first-order valence-corrected chi connectivity index (χ1v) is 8.76. The fourth-order valence-electron chi connectivity index (χ4n) is 2.89. The third kappa shape index (κ3) is 3.82. The van der Waals surface area contributed by atoms with Gasteiger partial charge in [-0.3, -0.25) is 4.79 Å². The van der Waals surface area contributed by atoms with Gasteiger partial charge in [-0.15, -0.1) is 0 Å². The van der Waals surface area contributed by atoms with Crippen molar-refractivity contribution < 1.29 is 4.79 Å². The maximum atomic E-state index is 12.5. The molecule has 1 aliphatic rings. The molecule has 1 unspecified atom stereocenters. The fraction of sp³-hybridized carbons (Fsp3) is 0.333. The maximum Gasteiger partial charge on any atom is 0.272 e. The Hall–Kier alpha value is -1.78. The summed E-state index contributed by atoms with van der Waals surface area (Å²) in [6, 6.07) is 8.95. The van der Waals surface area contributed by atoms with Gasteiger partial charge in [-0.05, 0) is 43.0 Å². The number of anilines is 2. The summed E-state index contributed by atoms with van der Waals surface area (Å²) in [6.45, 7) is 3.79. The highest BCUT2D eigenvalue weighted by molar-refractivity contribution is 6.43. The zero-order valence-electron chi connectivity index (χ0n) is 13.4. The molecule has 0 aliphatic carbocycles. The lowest BCUT2D eigenvalue weighted by Crippen LogP contribution is -2.39. The van der Waals surface area contributed by atoms with E-state index in [1.807, 2.05) is 23.1 Å². The molecule has 126 valence electrons. The Labute approximate surface area is 151 Å². The van der Waals surface area contributed by atoms with Gasteiger partial charge in [0.2, 0.25) is 0 Å². The van der Waals surface area contributed by atoms with E-state index in [1.165, 1.54) is 6.42 Å². The Balaban J connectivity index is 1.71. The van der Waals surface area contributed by atoms with E-state index in [4.69, 9.17) is 23.2 Å². The Morgan fingerprint density at radius 3 is 2.83 bits per heavy atom. The Morgan fingerprint density at radius 1 is 1.29 bits per heavy atom. The van der Waals surface area contributed by atoms with Gasteiger partial charge in [0.05, 0.1) is 27.6 Å². The van der Waals surface area contributed by atoms with Crippen LogP contribution in [-0.4, -0.2) is 28.9 Å². The van der Waals surface area contributed by atoms with Crippen LogP contribution in [0.4, 0.5) is 11.4 Å². The minimum absolute atomic E-state index is 0.00566. The molecule has 1 aromatic heterocycles. The lowest BCUT2D eigenvalue weighted by molar-refractivity contribution is 0.0677. The topological polar surface area (TPSA) is 45.2 Å². The number of nitrogens with zero attached hydrogens (tertiary/aromatic N) is 2. The summed E-state index contributed by atoms with van der Waals surface area (Å²) in [5, 5.41) is 4.11. The first-order valence-electron chi connectivity index (χ1n) is 8.01. The normalized spacial score (nSPS) is 17.6. The molecule has 1 aliphatic heterocycles. The molecule has 0 spiro atoms. The summed E-state index contributed by atoms with van der Waals surface area (Å²) in [4.78, 5) is 18.7. The van der Waals surface area contributed by atoms with E-state index >= 15 is 0 Å². The molecule has 0 saturated carbocycles. The number of rotatable bonds is 3. The largest absolute Gasteiger partial charge is 0.353 e. The molecule has 4 nitrogen and oxygen atoms in total. The maximum absolute atomic E-state index is 12.5. The van der Waals surface area contributed by atoms with Gasteiger partial charge in [-0.25, -0.2) is 4.98 Å². The molecule has 0 radical (unpaired) electrons. The number of piperidine rings is 1. The van der Waals surface area contributed by atoms with Crippen LogP contribution in [0, 0.1) is 5.92 Å². The summed E-state index contributed by atoms with van der Waals surface area (Å²) in [7, 11) is 0. The van der Waals surface area contributed by atoms with Crippen LogP contribution < -0.4 is 5.32 Å². The minimum Gasteiger partial charge on any atom is -0.353 e. The van der Waals surface area contributed by atoms with Crippen molar-refractivity contribution in [3.8, 4) is 0 Å². The summed E-state index contributed by atoms with van der Waals surface area (Å²) in [5.74, 6) is 0.544. The van der Waals surface area contributed by atoms with E-state index < -0.39 is 0 Å². The molecule has 2 aromatic rings. The summed E-state index contributed by atoms with van der Waals surface area (Å²) in [5.41, 5.74) is 1.92. The predicted octanol–water partition coefficient (Wildman–Crippen LogP) is 5.00. The van der Waals surface area contributed by atoms with Gasteiger partial charge in [0.1, 0.15) is 5.69 Å². The number of benzene rings is 1. The highest BCUT2D eigenvalue weighted by Gasteiger charge is 2.22. The third-order valence-electron chi connectivity index (χ3n) is 4.16. The smallest absolute Gasteiger partial charge is 0.272 e. The van der Waals surface area contributed by atoms with Gasteiger partial charge in [0, 0.05) is 13.1 Å². The fourth-order valence-corrected chi connectivity index (χ4v) is 3.23. The summed E-state index contributed by atoms with van der Waals surface area (Å²) >= 11 is 12.2. The molecule has 1 atom stereocenters. The van der Waals surface area contributed by atoms with Crippen molar-refractivity contribution in [2.45, 2.75) is 19.8 Å². The van der Waals surface area contributed by atoms with Crippen molar-refractivity contribution in [2.24, 2.45) is 5.92 Å². The molecule has 0 bridgehead atoms. The van der Waals surface area contributed by atoms with Crippen molar-refractivity contribution in [1.29, 1.82) is 0 Å². The predicted molar refractivity (Wildman–Crippen MR) is 98.3 cm³/mol. The van der Waals surface area contributed by atoms with E-state index in [9.17, 15) is 4.79 Å². The molecule has 2 heterocycles. The van der Waals surface area contributed by atoms with E-state index in [1.54, 1.807) is 18.3 Å². The number of likely N-dealkylation sites (tertiary alicyclic amines) is 1. The number of pyridine rings is 1. The average Bonchev–Trinajstić information content (AvgIpc) is 2.59. The quantitative estimate of drug-likeness (QED) is 0.833. The van der Waals surface area contributed by atoms with E-state index in [2.05, 4.69) is 17.2 Å². The van der Waals surface area contributed by atoms with Crippen LogP contribution in [0.25, 0.3) is 0 Å². The van der Waals surface area contributed by atoms with Crippen LogP contribution in [-0.2, 0) is 0 Å². The van der Waals surface area contributed by atoms with Crippen LogP contribution in [0.2, 0.25) is 10.0 Å². The number of amides is 1. The minimum atomic E-state index is -0.00566. The van der Waals surface area contributed by atoms with Crippen LogP contribution in [0.1, 0.15) is 30.3 Å². The van der Waals surface area contributed by atoms with Crippen molar-refractivity contribution in [2.75, 3.05) is 18.4 Å². The van der Waals surface area contributed by atoms with Gasteiger partial charge in [0.15, 0.2) is 0 Å². The average molecular weight is 364 g/mol. The molecular weight excluding hydrogens is 345 g/mol. The van der Waals surface area contributed by atoms with Gasteiger partial charge in [-0.1, -0.05) is 36.2 Å². The van der Waals surface area contributed by atoms with E-state index in [0.717, 1.165) is 25.2 Å². The second kappa shape index (κ2) is 7.41. The van der Waals surface area contributed by atoms with Crippen LogP contribution in [0.15, 0.2) is 36.5 Å². The van der Waals surface area contributed by atoms with E-state index in [-0.39, 0.29) is 5.91 Å². The number of halogens is 2. The molecule has 1 amide bonds. The molecule has 1 fully saturated rings. The molecule has 1 saturated heterocycles.